The number of nitrogens with zero attached hydrogens (tertiary/aromatic N) is 5. The van der Waals surface area contributed by atoms with Gasteiger partial charge in [0.25, 0.3) is 5.91 Å². The molecule has 0 aliphatic heterocycles. The number of carbonyl (C=O) groups is 1. The molecule has 4 fully saturated rings. The van der Waals surface area contributed by atoms with Crippen LogP contribution in [-0.4, -0.2) is 36.2 Å². The van der Waals surface area contributed by atoms with E-state index in [2.05, 4.69) is 20.7 Å². The summed E-state index contributed by atoms with van der Waals surface area (Å²) in [6, 6.07) is 1.52. The fourth-order valence-electron chi connectivity index (χ4n) is 6.19. The quantitative estimate of drug-likeness (QED) is 0.877. The fourth-order valence-corrected chi connectivity index (χ4v) is 6.19. The Bertz CT molecular complexity index is 949. The molecule has 4 saturated carbocycles. The highest BCUT2D eigenvalue weighted by atomic mass is 16.2. The Morgan fingerprint density at radius 1 is 1.26 bits per heavy atom. The Kier molecular flexibility index (Phi) is 3.39. The highest BCUT2D eigenvalue weighted by molar-refractivity contribution is 5.94. The van der Waals surface area contributed by atoms with Gasteiger partial charge in [0.05, 0.1) is 5.54 Å². The lowest BCUT2D eigenvalue weighted by molar-refractivity contribution is -0.0810. The zero-order chi connectivity index (χ0) is 18.8. The highest BCUT2D eigenvalue weighted by Gasteiger charge is 2.60. The van der Waals surface area contributed by atoms with Crippen LogP contribution in [0.5, 0.6) is 0 Å². The Balaban J connectivity index is 1.48. The molecule has 0 radical (unpaired) electrons. The van der Waals surface area contributed by atoms with Gasteiger partial charge in [-0.05, 0) is 62.5 Å². The van der Waals surface area contributed by atoms with E-state index in [0.29, 0.717) is 11.8 Å². The number of hydrogen-bond acceptors (Lipinski definition) is 5. The van der Waals surface area contributed by atoms with Gasteiger partial charge in [0.2, 0.25) is 0 Å². The van der Waals surface area contributed by atoms with Crippen LogP contribution in [-0.2, 0) is 12.6 Å². The third kappa shape index (κ3) is 2.53. The van der Waals surface area contributed by atoms with E-state index in [-0.39, 0.29) is 28.0 Å². The Morgan fingerprint density at radius 2 is 2.00 bits per heavy atom. The molecule has 2 unspecified atom stereocenters. The van der Waals surface area contributed by atoms with Crippen LogP contribution >= 0.6 is 0 Å². The fraction of sp³-hybridized carbons (Fsp3) is 0.632. The van der Waals surface area contributed by atoms with Gasteiger partial charge in [0.1, 0.15) is 5.56 Å². The minimum Gasteiger partial charge on any atom is -0.354 e. The number of aromatic nitrogens is 5. The number of carbonyl (C=O) groups excluding carboxylic acids is 1. The first kappa shape index (κ1) is 16.6. The van der Waals surface area contributed by atoms with E-state index in [4.69, 9.17) is 0 Å². The van der Waals surface area contributed by atoms with E-state index in [1.807, 2.05) is 18.5 Å². The second-order valence-electron chi connectivity index (χ2n) is 8.95. The number of aryl methyl sites for hydroxylation is 2. The molecule has 2 aromatic heterocycles. The number of hydrogen-bond donors (Lipinski definition) is 1. The van der Waals surface area contributed by atoms with Gasteiger partial charge >= 0.3 is 0 Å². The molecule has 8 nitrogen and oxygen atoms in total. The number of pyridine rings is 1. The predicted octanol–water partition coefficient (Wildman–Crippen LogP) is 1.16. The van der Waals surface area contributed by atoms with E-state index >= 15 is 0 Å². The maximum Gasteiger partial charge on any atom is 0.257 e. The van der Waals surface area contributed by atoms with Gasteiger partial charge < -0.3 is 9.88 Å². The van der Waals surface area contributed by atoms with E-state index in [1.165, 1.54) is 18.8 Å². The minimum atomic E-state index is -0.287. The molecular weight excluding hydrogens is 344 g/mol. The summed E-state index contributed by atoms with van der Waals surface area (Å²) in [4.78, 5) is 27.2. The molecule has 8 heteroatoms. The standard InChI is InChI=1S/C19H24N6O2/c1-12-3-16(26)15(9-24(12)2)17(27)22-18-5-13-4-14(6-18)8-19(7-13,10-18)25-21-11-20-23-25/h3,9,11,13-14H,4-8,10H2,1-2H3,(H,22,27). The minimum absolute atomic E-state index is 0.161. The molecule has 4 bridgehead atoms. The van der Waals surface area contributed by atoms with Gasteiger partial charge in [-0.1, -0.05) is 0 Å². The number of rotatable bonds is 3. The van der Waals surface area contributed by atoms with Gasteiger partial charge in [-0.3, -0.25) is 9.59 Å². The predicted molar refractivity (Wildman–Crippen MR) is 97.1 cm³/mol. The lowest BCUT2D eigenvalue weighted by atomic mass is 9.50. The van der Waals surface area contributed by atoms with E-state index in [0.717, 1.165) is 37.8 Å². The van der Waals surface area contributed by atoms with Crippen molar-refractivity contribution >= 4 is 5.91 Å². The Hall–Kier alpha value is -2.51. The Morgan fingerprint density at radius 3 is 2.67 bits per heavy atom. The van der Waals surface area contributed by atoms with Crippen LogP contribution in [0.1, 0.15) is 54.6 Å². The number of nitrogens with one attached hydrogen (secondary N) is 1. The largest absolute Gasteiger partial charge is 0.354 e. The summed E-state index contributed by atoms with van der Waals surface area (Å²) in [5.74, 6) is 0.844. The van der Waals surface area contributed by atoms with Crippen molar-refractivity contribution < 1.29 is 4.79 Å². The van der Waals surface area contributed by atoms with Crippen molar-refractivity contribution in [2.45, 2.75) is 56.5 Å². The molecule has 2 aromatic rings. The van der Waals surface area contributed by atoms with Crippen LogP contribution in [0, 0.1) is 18.8 Å². The average molecular weight is 368 g/mol. The summed E-state index contributed by atoms with van der Waals surface area (Å²) >= 11 is 0. The molecule has 0 aromatic carbocycles. The molecule has 1 N–H and O–H groups in total. The zero-order valence-corrected chi connectivity index (χ0v) is 15.7. The number of amides is 1. The van der Waals surface area contributed by atoms with Crippen molar-refractivity contribution in [1.82, 2.24) is 30.1 Å². The molecule has 4 aliphatic rings. The van der Waals surface area contributed by atoms with Gasteiger partial charge in [-0.25, -0.2) is 0 Å². The summed E-state index contributed by atoms with van der Waals surface area (Å²) in [5.41, 5.74) is 0.381. The van der Waals surface area contributed by atoms with Crippen LogP contribution < -0.4 is 10.7 Å². The molecular formula is C19H24N6O2. The second kappa shape index (κ2) is 5.50. The summed E-state index contributed by atoms with van der Waals surface area (Å²) in [7, 11) is 1.85. The van der Waals surface area contributed by atoms with Crippen molar-refractivity contribution in [3.05, 3.63) is 40.1 Å². The topological polar surface area (TPSA) is 94.7 Å². The van der Waals surface area contributed by atoms with Crippen LogP contribution in [0.2, 0.25) is 0 Å². The molecule has 2 atom stereocenters. The van der Waals surface area contributed by atoms with Gasteiger partial charge in [-0.15, -0.1) is 10.2 Å². The summed E-state index contributed by atoms with van der Waals surface area (Å²) in [6.45, 7) is 1.86. The molecule has 27 heavy (non-hydrogen) atoms. The molecule has 2 heterocycles. The van der Waals surface area contributed by atoms with Gasteiger partial charge in [0, 0.05) is 30.5 Å². The van der Waals surface area contributed by atoms with Crippen molar-refractivity contribution in [2.75, 3.05) is 0 Å². The third-order valence-electron chi connectivity index (χ3n) is 6.91. The van der Waals surface area contributed by atoms with Gasteiger partial charge in [-0.2, -0.15) is 4.80 Å². The van der Waals surface area contributed by atoms with Crippen LogP contribution in [0.3, 0.4) is 0 Å². The Labute approximate surface area is 157 Å². The van der Waals surface area contributed by atoms with E-state index < -0.39 is 0 Å². The average Bonchev–Trinajstić information content (AvgIpc) is 3.12. The van der Waals surface area contributed by atoms with Crippen molar-refractivity contribution in [3.8, 4) is 0 Å². The van der Waals surface area contributed by atoms with E-state index in [1.54, 1.807) is 11.0 Å². The molecule has 142 valence electrons. The first-order valence-corrected chi connectivity index (χ1v) is 9.61. The lowest BCUT2D eigenvalue weighted by Crippen LogP contribution is -2.66. The molecule has 1 amide bonds. The van der Waals surface area contributed by atoms with Crippen LogP contribution in [0.25, 0.3) is 0 Å². The normalized spacial score (nSPS) is 34.0. The van der Waals surface area contributed by atoms with Gasteiger partial charge in [0.15, 0.2) is 11.8 Å². The van der Waals surface area contributed by atoms with E-state index in [9.17, 15) is 9.59 Å². The van der Waals surface area contributed by atoms with Crippen molar-refractivity contribution in [1.29, 1.82) is 0 Å². The van der Waals surface area contributed by atoms with Crippen LogP contribution in [0.4, 0.5) is 0 Å². The monoisotopic (exact) mass is 368 g/mol. The van der Waals surface area contributed by atoms with Crippen molar-refractivity contribution in [3.63, 3.8) is 0 Å². The van der Waals surface area contributed by atoms with Crippen molar-refractivity contribution in [2.24, 2.45) is 18.9 Å². The molecule has 0 spiro atoms. The summed E-state index contributed by atoms with van der Waals surface area (Å²) in [5, 5.41) is 15.7. The SMILES string of the molecule is Cc1cc(=O)c(C(=O)NC23CC4CC(C2)CC(n2ncnn2)(C4)C3)cn1C. The summed E-state index contributed by atoms with van der Waals surface area (Å²) in [6.07, 6.45) is 9.17. The highest BCUT2D eigenvalue weighted by Crippen LogP contribution is 2.60. The molecule has 4 aliphatic carbocycles. The smallest absolute Gasteiger partial charge is 0.257 e. The maximum absolute atomic E-state index is 13.0. The molecule has 0 saturated heterocycles. The maximum atomic E-state index is 13.0. The first-order valence-electron chi connectivity index (χ1n) is 9.61. The first-order chi connectivity index (χ1) is 12.9. The molecule has 6 rings (SSSR count). The number of tetrazole rings is 1. The third-order valence-corrected chi connectivity index (χ3v) is 6.91. The second-order valence-corrected chi connectivity index (χ2v) is 8.95. The summed E-state index contributed by atoms with van der Waals surface area (Å²) < 4.78 is 1.82. The zero-order valence-electron chi connectivity index (χ0n) is 15.7. The van der Waals surface area contributed by atoms with Crippen LogP contribution in [0.15, 0.2) is 23.4 Å². The lowest BCUT2D eigenvalue weighted by Gasteiger charge is -2.61.